The number of ether oxygens (including phenoxy) is 1. The Hall–Kier alpha value is -0.790. The number of hydrogen-bond acceptors (Lipinski definition) is 5. The highest BCUT2D eigenvalue weighted by Gasteiger charge is 2.30. The predicted molar refractivity (Wildman–Crippen MR) is 70.3 cm³/mol. The molecule has 0 spiro atoms. The number of halogens is 1. The number of nitrogens with zero attached hydrogens (tertiary/aromatic N) is 1. The topological polar surface area (TPSA) is 75.8 Å². The van der Waals surface area contributed by atoms with Gasteiger partial charge in [0.2, 0.25) is 0 Å². The second-order valence-electron chi connectivity index (χ2n) is 3.96. The van der Waals surface area contributed by atoms with Crippen molar-refractivity contribution in [3.8, 4) is 5.75 Å². The first kappa shape index (κ1) is 12.7. The molecule has 0 fully saturated rings. The summed E-state index contributed by atoms with van der Waals surface area (Å²) in [7, 11) is 0. The average molecular weight is 321 g/mol. The molecule has 1 atom stereocenters. The lowest BCUT2D eigenvalue weighted by molar-refractivity contribution is 0.0702. The normalized spacial score (nSPS) is 16.3. The number of carboxylic acid groups (broad SMARTS) is 1. The van der Waals surface area contributed by atoms with Crippen molar-refractivity contribution < 1.29 is 14.6 Å². The summed E-state index contributed by atoms with van der Waals surface area (Å²) in [5, 5.41) is 9.18. The SMILES string of the molecule is CC(N)CN1CCOc2c(Br)sc(C(=O)O)c21. The van der Waals surface area contributed by atoms with Crippen LogP contribution in [0.3, 0.4) is 0 Å². The number of fused-ring (bicyclic) bond motifs is 1. The van der Waals surface area contributed by atoms with Crippen LogP contribution in [0.25, 0.3) is 0 Å². The van der Waals surface area contributed by atoms with Gasteiger partial charge in [-0.05, 0) is 22.9 Å². The molecule has 2 rings (SSSR count). The summed E-state index contributed by atoms with van der Waals surface area (Å²) in [5.74, 6) is -0.309. The van der Waals surface area contributed by atoms with Crippen LogP contribution >= 0.6 is 27.3 Å². The zero-order valence-corrected chi connectivity index (χ0v) is 11.7. The molecule has 2 heterocycles. The van der Waals surface area contributed by atoms with Crippen molar-refractivity contribution in [2.75, 3.05) is 24.6 Å². The Kier molecular flexibility index (Phi) is 3.60. The van der Waals surface area contributed by atoms with Crippen LogP contribution in [0.2, 0.25) is 0 Å². The van der Waals surface area contributed by atoms with E-state index in [0.717, 1.165) is 3.79 Å². The van der Waals surface area contributed by atoms with Gasteiger partial charge in [-0.25, -0.2) is 4.79 Å². The highest BCUT2D eigenvalue weighted by Crippen LogP contribution is 2.47. The summed E-state index contributed by atoms with van der Waals surface area (Å²) < 4.78 is 6.24. The molecular weight excluding hydrogens is 308 g/mol. The number of rotatable bonds is 3. The van der Waals surface area contributed by atoms with Crippen LogP contribution in [-0.4, -0.2) is 36.8 Å². The lowest BCUT2D eigenvalue weighted by Gasteiger charge is -2.31. The maximum atomic E-state index is 11.2. The molecule has 0 amide bonds. The van der Waals surface area contributed by atoms with Gasteiger partial charge in [-0.3, -0.25) is 0 Å². The standard InChI is InChI=1S/C10H13BrN2O3S/c1-5(12)4-13-2-3-16-7-6(13)8(10(14)15)17-9(7)11/h5H,2-4,12H2,1H3,(H,14,15). The van der Waals surface area contributed by atoms with Crippen LogP contribution in [-0.2, 0) is 0 Å². The van der Waals surface area contributed by atoms with Gasteiger partial charge in [-0.1, -0.05) is 0 Å². The van der Waals surface area contributed by atoms with Crippen molar-refractivity contribution in [1.29, 1.82) is 0 Å². The Balaban J connectivity index is 2.44. The van der Waals surface area contributed by atoms with Gasteiger partial charge >= 0.3 is 5.97 Å². The Morgan fingerprint density at radius 2 is 2.47 bits per heavy atom. The van der Waals surface area contributed by atoms with E-state index in [2.05, 4.69) is 15.9 Å². The summed E-state index contributed by atoms with van der Waals surface area (Å²) in [5.41, 5.74) is 6.43. The second kappa shape index (κ2) is 4.83. The van der Waals surface area contributed by atoms with Crippen LogP contribution in [0.5, 0.6) is 5.75 Å². The maximum Gasteiger partial charge on any atom is 0.348 e. The van der Waals surface area contributed by atoms with E-state index in [1.807, 2.05) is 11.8 Å². The van der Waals surface area contributed by atoms with E-state index in [9.17, 15) is 9.90 Å². The molecular formula is C10H13BrN2O3S. The number of carboxylic acids is 1. The van der Waals surface area contributed by atoms with Gasteiger partial charge in [0.1, 0.15) is 21.0 Å². The first-order valence-electron chi connectivity index (χ1n) is 5.19. The van der Waals surface area contributed by atoms with Crippen molar-refractivity contribution >= 4 is 38.9 Å². The second-order valence-corrected chi connectivity index (χ2v) is 6.30. The van der Waals surface area contributed by atoms with E-state index < -0.39 is 5.97 Å². The fourth-order valence-corrected chi connectivity index (χ4v) is 3.46. The van der Waals surface area contributed by atoms with Crippen molar-refractivity contribution in [1.82, 2.24) is 0 Å². The van der Waals surface area contributed by atoms with Crippen molar-refractivity contribution in [2.24, 2.45) is 5.73 Å². The molecule has 0 aromatic carbocycles. The van der Waals surface area contributed by atoms with Gasteiger partial charge in [0, 0.05) is 12.6 Å². The molecule has 0 bridgehead atoms. The average Bonchev–Trinajstić information content (AvgIpc) is 2.57. The lowest BCUT2D eigenvalue weighted by Crippen LogP contribution is -2.40. The summed E-state index contributed by atoms with van der Waals surface area (Å²) in [6.07, 6.45) is 0. The number of aromatic carboxylic acids is 1. The zero-order valence-electron chi connectivity index (χ0n) is 9.27. The molecule has 7 heteroatoms. The van der Waals surface area contributed by atoms with Crippen LogP contribution < -0.4 is 15.4 Å². The van der Waals surface area contributed by atoms with Gasteiger partial charge in [-0.2, -0.15) is 0 Å². The third-order valence-corrected chi connectivity index (χ3v) is 4.21. The molecule has 1 aliphatic heterocycles. The fraction of sp³-hybridized carbons (Fsp3) is 0.500. The van der Waals surface area contributed by atoms with Gasteiger partial charge in [0.25, 0.3) is 0 Å². The molecule has 1 unspecified atom stereocenters. The van der Waals surface area contributed by atoms with E-state index in [4.69, 9.17) is 10.5 Å². The van der Waals surface area contributed by atoms with Gasteiger partial charge in [-0.15, -0.1) is 11.3 Å². The Bertz CT molecular complexity index is 447. The molecule has 94 valence electrons. The predicted octanol–water partition coefficient (Wildman–Crippen LogP) is 1.75. The Morgan fingerprint density at radius 1 is 1.76 bits per heavy atom. The van der Waals surface area contributed by atoms with Crippen molar-refractivity contribution in [3.05, 3.63) is 8.66 Å². The summed E-state index contributed by atoms with van der Waals surface area (Å²) in [6.45, 7) is 3.74. The fourth-order valence-electron chi connectivity index (χ4n) is 1.84. The Labute approximate surface area is 111 Å². The lowest BCUT2D eigenvalue weighted by atomic mass is 10.2. The third kappa shape index (κ3) is 2.41. The largest absolute Gasteiger partial charge is 0.487 e. The highest BCUT2D eigenvalue weighted by atomic mass is 79.9. The first-order valence-corrected chi connectivity index (χ1v) is 6.80. The maximum absolute atomic E-state index is 11.2. The van der Waals surface area contributed by atoms with Crippen LogP contribution in [0.4, 0.5) is 5.69 Å². The minimum atomic E-state index is -0.933. The first-order chi connectivity index (χ1) is 8.00. The monoisotopic (exact) mass is 320 g/mol. The third-order valence-electron chi connectivity index (χ3n) is 2.43. The molecule has 5 nitrogen and oxygen atoms in total. The van der Waals surface area contributed by atoms with Crippen molar-refractivity contribution in [2.45, 2.75) is 13.0 Å². The Morgan fingerprint density at radius 3 is 3.06 bits per heavy atom. The minimum absolute atomic E-state index is 0.0127. The van der Waals surface area contributed by atoms with E-state index in [1.165, 1.54) is 11.3 Å². The summed E-state index contributed by atoms with van der Waals surface area (Å²) in [4.78, 5) is 13.5. The van der Waals surface area contributed by atoms with Gasteiger partial charge in [0.15, 0.2) is 5.75 Å². The zero-order chi connectivity index (χ0) is 12.6. The molecule has 0 saturated heterocycles. The summed E-state index contributed by atoms with van der Waals surface area (Å²) in [6, 6.07) is -0.0127. The molecule has 1 aliphatic rings. The van der Waals surface area contributed by atoms with Crippen LogP contribution in [0, 0.1) is 0 Å². The van der Waals surface area contributed by atoms with E-state index in [0.29, 0.717) is 36.0 Å². The molecule has 17 heavy (non-hydrogen) atoms. The number of thiophene rings is 1. The molecule has 1 aromatic rings. The quantitative estimate of drug-likeness (QED) is 0.887. The van der Waals surface area contributed by atoms with Crippen molar-refractivity contribution in [3.63, 3.8) is 0 Å². The smallest absolute Gasteiger partial charge is 0.348 e. The number of nitrogens with two attached hydrogens (primary N) is 1. The number of hydrogen-bond donors (Lipinski definition) is 2. The van der Waals surface area contributed by atoms with Gasteiger partial charge in [0.05, 0.1) is 6.54 Å². The minimum Gasteiger partial charge on any atom is -0.487 e. The molecule has 0 radical (unpaired) electrons. The number of carbonyl (C=O) groups is 1. The van der Waals surface area contributed by atoms with E-state index in [1.54, 1.807) is 0 Å². The van der Waals surface area contributed by atoms with Gasteiger partial charge < -0.3 is 20.5 Å². The highest BCUT2D eigenvalue weighted by molar-refractivity contribution is 9.11. The molecule has 3 N–H and O–H groups in total. The molecule has 0 saturated carbocycles. The van der Waals surface area contributed by atoms with E-state index in [-0.39, 0.29) is 6.04 Å². The van der Waals surface area contributed by atoms with Crippen LogP contribution in [0.15, 0.2) is 3.79 Å². The molecule has 1 aromatic heterocycles. The summed E-state index contributed by atoms with van der Waals surface area (Å²) >= 11 is 4.52. The molecule has 0 aliphatic carbocycles. The van der Waals surface area contributed by atoms with E-state index >= 15 is 0 Å². The number of anilines is 1. The van der Waals surface area contributed by atoms with Crippen LogP contribution in [0.1, 0.15) is 16.6 Å².